The van der Waals surface area contributed by atoms with Crippen molar-refractivity contribution in [2.75, 3.05) is 6.54 Å². The van der Waals surface area contributed by atoms with Crippen molar-refractivity contribution in [1.82, 2.24) is 9.80 Å². The van der Waals surface area contributed by atoms with E-state index in [1.54, 1.807) is 12.1 Å². The molecule has 0 aliphatic carbocycles. The molecule has 106 valence electrons. The molecule has 6 heteroatoms. The fourth-order valence-electron chi connectivity index (χ4n) is 2.00. The maximum absolute atomic E-state index is 12.9. The monoisotopic (exact) mass is 293 g/mol. The first-order chi connectivity index (χ1) is 9.54. The lowest BCUT2D eigenvalue weighted by Gasteiger charge is -2.19. The third-order valence-corrected chi connectivity index (χ3v) is 3.61. The Morgan fingerprint density at radius 2 is 1.90 bits per heavy atom. The van der Waals surface area contributed by atoms with E-state index in [-0.39, 0.29) is 17.6 Å². The fourth-order valence-corrected chi connectivity index (χ4v) is 2.33. The second-order valence-corrected chi connectivity index (χ2v) is 5.02. The van der Waals surface area contributed by atoms with Crippen LogP contribution in [0, 0.1) is 11.2 Å². The van der Waals surface area contributed by atoms with E-state index in [1.807, 2.05) is 6.92 Å². The molecule has 1 fully saturated rings. The van der Waals surface area contributed by atoms with Crippen LogP contribution < -0.4 is 0 Å². The summed E-state index contributed by atoms with van der Waals surface area (Å²) in [5.74, 6) is -0.783. The Balaban J connectivity index is 2.12. The van der Waals surface area contributed by atoms with Crippen molar-refractivity contribution in [3.63, 3.8) is 0 Å². The molecule has 1 aromatic rings. The molecule has 1 aliphatic heterocycles. The topological polar surface area (TPSA) is 47.4 Å². The average Bonchev–Trinajstić information content (AvgIpc) is 2.63. The quantitative estimate of drug-likeness (QED) is 0.849. The van der Waals surface area contributed by atoms with Crippen molar-refractivity contribution >= 4 is 29.1 Å². The first kappa shape index (κ1) is 14.6. The lowest BCUT2D eigenvalue weighted by molar-refractivity contribution is -0.120. The lowest BCUT2D eigenvalue weighted by atomic mass is 10.2. The third kappa shape index (κ3) is 2.85. The van der Waals surface area contributed by atoms with E-state index in [0.717, 1.165) is 18.4 Å². The number of unbranched alkanes of at least 4 members (excludes halogenated alkanes) is 1. The van der Waals surface area contributed by atoms with Gasteiger partial charge in [-0.1, -0.05) is 25.5 Å². The van der Waals surface area contributed by atoms with Gasteiger partial charge in [-0.05, 0) is 36.3 Å². The van der Waals surface area contributed by atoms with E-state index in [4.69, 9.17) is 17.6 Å². The molecule has 1 saturated heterocycles. The van der Waals surface area contributed by atoms with Crippen molar-refractivity contribution in [2.24, 2.45) is 0 Å². The highest BCUT2D eigenvalue weighted by atomic mass is 32.1. The Morgan fingerprint density at radius 3 is 2.50 bits per heavy atom. The highest BCUT2D eigenvalue weighted by Crippen LogP contribution is 2.17. The highest BCUT2D eigenvalue weighted by Gasteiger charge is 2.37. The van der Waals surface area contributed by atoms with Crippen molar-refractivity contribution in [1.29, 1.82) is 5.41 Å². The number of rotatable bonds is 5. The average molecular weight is 293 g/mol. The Hall–Kier alpha value is -1.82. The zero-order valence-corrected chi connectivity index (χ0v) is 12.0. The van der Waals surface area contributed by atoms with Crippen LogP contribution in [0.1, 0.15) is 25.3 Å². The number of carbonyl (C=O) groups excluding carboxylic acids is 1. The Labute approximate surface area is 122 Å². The predicted octanol–water partition coefficient (Wildman–Crippen LogP) is 2.53. The highest BCUT2D eigenvalue weighted by molar-refractivity contribution is 7.80. The van der Waals surface area contributed by atoms with E-state index < -0.39 is 0 Å². The molecule has 0 saturated carbocycles. The molecule has 0 unspecified atom stereocenters. The van der Waals surface area contributed by atoms with Crippen molar-refractivity contribution in [3.05, 3.63) is 35.6 Å². The second kappa shape index (κ2) is 6.09. The summed E-state index contributed by atoms with van der Waals surface area (Å²) in [4.78, 5) is 14.9. The van der Waals surface area contributed by atoms with Crippen LogP contribution in [0.2, 0.25) is 0 Å². The number of amidine groups is 1. The van der Waals surface area contributed by atoms with Gasteiger partial charge in [-0.3, -0.25) is 20.0 Å². The lowest BCUT2D eigenvalue weighted by Crippen LogP contribution is -2.33. The molecule has 1 aliphatic rings. The van der Waals surface area contributed by atoms with Gasteiger partial charge in [-0.15, -0.1) is 0 Å². The van der Waals surface area contributed by atoms with Gasteiger partial charge in [0.15, 0.2) is 10.9 Å². The zero-order valence-electron chi connectivity index (χ0n) is 11.2. The molecule has 4 nitrogen and oxygen atoms in total. The number of halogens is 1. The summed E-state index contributed by atoms with van der Waals surface area (Å²) in [6, 6.07) is 5.97. The first-order valence-electron chi connectivity index (χ1n) is 6.51. The first-order valence-corrected chi connectivity index (χ1v) is 6.91. The molecule has 0 atom stereocenters. The number of hydrogen-bond donors (Lipinski definition) is 1. The SMILES string of the molecule is CCCCN1C(=O)C(=N)N(Cc2ccc(F)cc2)C1=S. The smallest absolute Gasteiger partial charge is 0.294 e. The fraction of sp³-hybridized carbons (Fsp3) is 0.357. The van der Waals surface area contributed by atoms with Gasteiger partial charge in [0.25, 0.3) is 5.91 Å². The summed E-state index contributed by atoms with van der Waals surface area (Å²) in [6.45, 7) is 2.88. The number of nitrogens with zero attached hydrogens (tertiary/aromatic N) is 2. The van der Waals surface area contributed by atoms with Gasteiger partial charge in [0.2, 0.25) is 0 Å². The van der Waals surface area contributed by atoms with Crippen LogP contribution in [0.4, 0.5) is 4.39 Å². The van der Waals surface area contributed by atoms with Gasteiger partial charge in [0.1, 0.15) is 5.82 Å². The molecule has 0 radical (unpaired) electrons. The van der Waals surface area contributed by atoms with E-state index in [1.165, 1.54) is 21.9 Å². The number of carbonyl (C=O) groups is 1. The van der Waals surface area contributed by atoms with Crippen molar-refractivity contribution < 1.29 is 9.18 Å². The van der Waals surface area contributed by atoms with Crippen LogP contribution in [0.5, 0.6) is 0 Å². The molecule has 1 heterocycles. The van der Waals surface area contributed by atoms with Gasteiger partial charge < -0.3 is 0 Å². The van der Waals surface area contributed by atoms with Gasteiger partial charge in [0, 0.05) is 6.54 Å². The molecule has 1 aromatic carbocycles. The maximum atomic E-state index is 12.9. The minimum atomic E-state index is -0.356. The summed E-state index contributed by atoms with van der Waals surface area (Å²) < 4.78 is 12.9. The summed E-state index contributed by atoms with van der Waals surface area (Å²) in [5, 5.41) is 8.23. The van der Waals surface area contributed by atoms with Gasteiger partial charge in [-0.25, -0.2) is 4.39 Å². The minimum Gasteiger partial charge on any atom is -0.294 e. The van der Waals surface area contributed by atoms with Crippen LogP contribution in [0.15, 0.2) is 24.3 Å². The van der Waals surface area contributed by atoms with Crippen LogP contribution in [0.3, 0.4) is 0 Å². The summed E-state index contributed by atoms with van der Waals surface area (Å²) >= 11 is 5.27. The minimum absolute atomic E-state index is 0.115. The maximum Gasteiger partial charge on any atom is 0.295 e. The molecule has 20 heavy (non-hydrogen) atoms. The van der Waals surface area contributed by atoms with Gasteiger partial charge >= 0.3 is 0 Å². The van der Waals surface area contributed by atoms with E-state index >= 15 is 0 Å². The predicted molar refractivity (Wildman–Crippen MR) is 78.9 cm³/mol. The number of nitrogens with one attached hydrogen (secondary N) is 1. The molecular weight excluding hydrogens is 277 g/mol. The van der Waals surface area contributed by atoms with E-state index in [0.29, 0.717) is 18.2 Å². The van der Waals surface area contributed by atoms with Crippen LogP contribution in [0.25, 0.3) is 0 Å². The molecule has 1 amide bonds. The van der Waals surface area contributed by atoms with Crippen LogP contribution >= 0.6 is 12.2 Å². The number of hydrogen-bond acceptors (Lipinski definition) is 3. The van der Waals surface area contributed by atoms with Gasteiger partial charge in [0.05, 0.1) is 6.54 Å². The van der Waals surface area contributed by atoms with Crippen molar-refractivity contribution in [3.8, 4) is 0 Å². The molecule has 0 bridgehead atoms. The Kier molecular flexibility index (Phi) is 4.44. The number of amides is 1. The van der Waals surface area contributed by atoms with E-state index in [2.05, 4.69) is 0 Å². The summed E-state index contributed by atoms with van der Waals surface area (Å²) in [5.41, 5.74) is 0.809. The zero-order chi connectivity index (χ0) is 14.7. The van der Waals surface area contributed by atoms with Crippen LogP contribution in [-0.2, 0) is 11.3 Å². The number of benzene rings is 1. The van der Waals surface area contributed by atoms with Gasteiger partial charge in [-0.2, -0.15) is 0 Å². The van der Waals surface area contributed by atoms with Crippen molar-refractivity contribution in [2.45, 2.75) is 26.3 Å². The number of thiocarbonyl (C=S) groups is 1. The molecule has 0 aromatic heterocycles. The van der Waals surface area contributed by atoms with Crippen LogP contribution in [-0.4, -0.2) is 33.2 Å². The summed E-state index contributed by atoms with van der Waals surface area (Å²) in [6.07, 6.45) is 1.81. The molecule has 1 N–H and O–H groups in total. The Bertz CT molecular complexity index is 544. The Morgan fingerprint density at radius 1 is 1.25 bits per heavy atom. The normalized spacial score (nSPS) is 15.4. The summed E-state index contributed by atoms with van der Waals surface area (Å²) in [7, 11) is 0. The standard InChI is InChI=1S/C14H16FN3OS/c1-2-3-8-17-13(19)12(16)18(14(17)20)9-10-4-6-11(15)7-5-10/h4-7,16H,2-3,8-9H2,1H3. The largest absolute Gasteiger partial charge is 0.295 e. The van der Waals surface area contributed by atoms with E-state index in [9.17, 15) is 9.18 Å². The molecular formula is C14H16FN3OS. The molecule has 0 spiro atoms. The molecule has 2 rings (SSSR count). The third-order valence-electron chi connectivity index (χ3n) is 3.17. The second-order valence-electron chi connectivity index (χ2n) is 4.65.